The summed E-state index contributed by atoms with van der Waals surface area (Å²) in [6.07, 6.45) is -0.339. The first-order valence-electron chi connectivity index (χ1n) is 8.14. The molecule has 2 rings (SSSR count). The molecule has 0 aliphatic heterocycles. The lowest BCUT2D eigenvalue weighted by atomic mass is 10.0. The van der Waals surface area contributed by atoms with Crippen LogP contribution < -0.4 is 10.9 Å². The number of benzene rings is 1. The largest absolute Gasteiger partial charge is 0.449 e. The van der Waals surface area contributed by atoms with Gasteiger partial charge < -0.3 is 9.26 Å². The Balaban J connectivity index is 1.85. The van der Waals surface area contributed by atoms with Crippen LogP contribution in [0.1, 0.15) is 44.6 Å². The molecule has 0 unspecified atom stereocenters. The molecular formula is C17H22N4O4. The minimum absolute atomic E-state index is 0.0975. The normalized spacial score (nSPS) is 10.6. The van der Waals surface area contributed by atoms with E-state index in [-0.39, 0.29) is 25.4 Å². The van der Waals surface area contributed by atoms with Gasteiger partial charge in [-0.2, -0.15) is 4.98 Å². The van der Waals surface area contributed by atoms with Crippen LogP contribution in [0.25, 0.3) is 11.4 Å². The summed E-state index contributed by atoms with van der Waals surface area (Å²) < 4.78 is 9.78. The van der Waals surface area contributed by atoms with Crippen LogP contribution in [0.4, 0.5) is 4.79 Å². The van der Waals surface area contributed by atoms with Crippen LogP contribution in [-0.2, 0) is 16.0 Å². The standard InChI is InChI=1S/C17H22N4O4/c1-4-24-17(23)20-19-14(22)9-10-15-18-16(21-25-15)13-7-5-12(6-8-13)11(2)3/h5-8,11H,4,9-10H2,1-3H3,(H,19,22)(H,20,23). The van der Waals surface area contributed by atoms with Gasteiger partial charge in [-0.3, -0.25) is 10.2 Å². The third-order valence-electron chi connectivity index (χ3n) is 3.45. The van der Waals surface area contributed by atoms with E-state index in [1.807, 2.05) is 24.3 Å². The Kier molecular flexibility index (Phi) is 6.50. The van der Waals surface area contributed by atoms with Crippen LogP contribution in [-0.4, -0.2) is 28.7 Å². The number of carbonyl (C=O) groups is 2. The third kappa shape index (κ3) is 5.59. The fraction of sp³-hybridized carbons (Fsp3) is 0.412. The van der Waals surface area contributed by atoms with Crippen molar-refractivity contribution in [2.24, 2.45) is 0 Å². The maximum absolute atomic E-state index is 11.6. The Labute approximate surface area is 145 Å². The second-order valence-corrected chi connectivity index (χ2v) is 5.68. The first-order chi connectivity index (χ1) is 12.0. The molecule has 1 heterocycles. The van der Waals surface area contributed by atoms with Gasteiger partial charge in [0.15, 0.2) is 0 Å². The summed E-state index contributed by atoms with van der Waals surface area (Å²) in [5, 5.41) is 3.93. The number of aryl methyl sites for hydroxylation is 1. The lowest BCUT2D eigenvalue weighted by molar-refractivity contribution is -0.122. The van der Waals surface area contributed by atoms with Gasteiger partial charge in [0.2, 0.25) is 17.6 Å². The van der Waals surface area contributed by atoms with Crippen LogP contribution in [0.2, 0.25) is 0 Å². The lowest BCUT2D eigenvalue weighted by Crippen LogP contribution is -2.42. The number of amides is 2. The number of hydrazine groups is 1. The predicted molar refractivity (Wildman–Crippen MR) is 90.4 cm³/mol. The number of aromatic nitrogens is 2. The van der Waals surface area contributed by atoms with Crippen molar-refractivity contribution in [1.82, 2.24) is 21.0 Å². The Morgan fingerprint density at radius 2 is 1.92 bits per heavy atom. The van der Waals surface area contributed by atoms with E-state index in [0.717, 1.165) is 5.56 Å². The monoisotopic (exact) mass is 346 g/mol. The van der Waals surface area contributed by atoms with Crippen LogP contribution in [0.5, 0.6) is 0 Å². The van der Waals surface area contributed by atoms with E-state index in [0.29, 0.717) is 17.6 Å². The molecule has 8 heteroatoms. The summed E-state index contributed by atoms with van der Waals surface area (Å²) in [6, 6.07) is 7.95. The molecular weight excluding hydrogens is 324 g/mol. The highest BCUT2D eigenvalue weighted by Crippen LogP contribution is 2.20. The topological polar surface area (TPSA) is 106 Å². The highest BCUT2D eigenvalue weighted by molar-refractivity contribution is 5.79. The van der Waals surface area contributed by atoms with Gasteiger partial charge in [-0.25, -0.2) is 10.2 Å². The molecule has 0 aliphatic carbocycles. The van der Waals surface area contributed by atoms with Gasteiger partial charge in [-0.1, -0.05) is 43.3 Å². The smallest absolute Gasteiger partial charge is 0.426 e. The fourth-order valence-electron chi connectivity index (χ4n) is 2.06. The van der Waals surface area contributed by atoms with Gasteiger partial charge in [0.1, 0.15) is 0 Å². The number of hydrogen-bond acceptors (Lipinski definition) is 6. The van der Waals surface area contributed by atoms with Gasteiger partial charge in [-0.05, 0) is 18.4 Å². The van der Waals surface area contributed by atoms with Crippen molar-refractivity contribution in [3.63, 3.8) is 0 Å². The fourth-order valence-corrected chi connectivity index (χ4v) is 2.06. The van der Waals surface area contributed by atoms with E-state index < -0.39 is 6.09 Å². The molecule has 8 nitrogen and oxygen atoms in total. The zero-order valence-electron chi connectivity index (χ0n) is 14.5. The number of nitrogens with one attached hydrogen (secondary N) is 2. The minimum Gasteiger partial charge on any atom is -0.449 e. The minimum atomic E-state index is -0.708. The number of carbonyl (C=O) groups excluding carboxylic acids is 2. The average Bonchev–Trinajstić information content (AvgIpc) is 3.07. The maximum atomic E-state index is 11.6. The van der Waals surface area contributed by atoms with Crippen LogP contribution >= 0.6 is 0 Å². The van der Waals surface area contributed by atoms with E-state index >= 15 is 0 Å². The van der Waals surface area contributed by atoms with E-state index in [1.54, 1.807) is 6.92 Å². The molecule has 134 valence electrons. The highest BCUT2D eigenvalue weighted by Gasteiger charge is 2.11. The SMILES string of the molecule is CCOC(=O)NNC(=O)CCc1nc(-c2ccc(C(C)C)cc2)no1. The molecule has 0 bridgehead atoms. The summed E-state index contributed by atoms with van der Waals surface area (Å²) in [6.45, 7) is 6.15. The van der Waals surface area contributed by atoms with E-state index in [2.05, 4.69) is 39.6 Å². The summed E-state index contributed by atoms with van der Waals surface area (Å²) in [4.78, 5) is 27.0. The molecule has 0 atom stereocenters. The van der Waals surface area contributed by atoms with Crippen molar-refractivity contribution in [3.05, 3.63) is 35.7 Å². The van der Waals surface area contributed by atoms with Gasteiger partial charge in [0.25, 0.3) is 0 Å². The van der Waals surface area contributed by atoms with Crippen molar-refractivity contribution in [3.8, 4) is 11.4 Å². The van der Waals surface area contributed by atoms with Crippen molar-refractivity contribution in [2.75, 3.05) is 6.61 Å². The highest BCUT2D eigenvalue weighted by atomic mass is 16.6. The molecule has 0 aliphatic rings. The number of hydrogen-bond donors (Lipinski definition) is 2. The molecule has 0 spiro atoms. The van der Waals surface area contributed by atoms with Crippen LogP contribution in [0.15, 0.2) is 28.8 Å². The average molecular weight is 346 g/mol. The van der Waals surface area contributed by atoms with Crippen molar-refractivity contribution < 1.29 is 18.8 Å². The second-order valence-electron chi connectivity index (χ2n) is 5.68. The first-order valence-corrected chi connectivity index (χ1v) is 8.14. The Hall–Kier alpha value is -2.90. The Bertz CT molecular complexity index is 710. The Morgan fingerprint density at radius 3 is 2.56 bits per heavy atom. The molecule has 2 N–H and O–H groups in total. The zero-order chi connectivity index (χ0) is 18.2. The summed E-state index contributed by atoms with van der Waals surface area (Å²) in [5.41, 5.74) is 6.47. The molecule has 25 heavy (non-hydrogen) atoms. The third-order valence-corrected chi connectivity index (χ3v) is 3.45. The van der Waals surface area contributed by atoms with Gasteiger partial charge in [-0.15, -0.1) is 0 Å². The number of rotatable bonds is 6. The molecule has 2 aromatic rings. The molecule has 1 aromatic heterocycles. The molecule has 0 radical (unpaired) electrons. The number of nitrogens with zero attached hydrogens (tertiary/aromatic N) is 2. The maximum Gasteiger partial charge on any atom is 0.426 e. The summed E-state index contributed by atoms with van der Waals surface area (Å²) in [5.74, 6) is 0.912. The Morgan fingerprint density at radius 1 is 1.20 bits per heavy atom. The van der Waals surface area contributed by atoms with Gasteiger partial charge >= 0.3 is 6.09 Å². The summed E-state index contributed by atoms with van der Waals surface area (Å²) in [7, 11) is 0. The van der Waals surface area contributed by atoms with Crippen LogP contribution in [0.3, 0.4) is 0 Å². The lowest BCUT2D eigenvalue weighted by Gasteiger charge is -2.05. The van der Waals surface area contributed by atoms with E-state index in [1.165, 1.54) is 5.56 Å². The molecule has 0 fully saturated rings. The molecule has 2 amide bonds. The molecule has 1 aromatic carbocycles. The van der Waals surface area contributed by atoms with Crippen molar-refractivity contribution in [1.29, 1.82) is 0 Å². The van der Waals surface area contributed by atoms with Gasteiger partial charge in [0.05, 0.1) is 6.61 Å². The number of ether oxygens (including phenoxy) is 1. The second kappa shape index (κ2) is 8.81. The quantitative estimate of drug-likeness (QED) is 0.779. The summed E-state index contributed by atoms with van der Waals surface area (Å²) >= 11 is 0. The zero-order valence-corrected chi connectivity index (χ0v) is 14.5. The van der Waals surface area contributed by atoms with Crippen LogP contribution in [0, 0.1) is 0 Å². The first kappa shape index (κ1) is 18.4. The molecule has 0 saturated carbocycles. The molecule has 0 saturated heterocycles. The predicted octanol–water partition coefficient (Wildman–Crippen LogP) is 2.57. The van der Waals surface area contributed by atoms with E-state index in [4.69, 9.17) is 4.52 Å². The van der Waals surface area contributed by atoms with E-state index in [9.17, 15) is 9.59 Å². The van der Waals surface area contributed by atoms with Crippen molar-refractivity contribution >= 4 is 12.0 Å². The van der Waals surface area contributed by atoms with Crippen molar-refractivity contribution in [2.45, 2.75) is 39.5 Å². The van der Waals surface area contributed by atoms with Gasteiger partial charge in [0, 0.05) is 18.4 Å².